The summed E-state index contributed by atoms with van der Waals surface area (Å²) in [5, 5.41) is 13.1. The van der Waals surface area contributed by atoms with E-state index < -0.39 is 0 Å². The monoisotopic (exact) mass is 207 g/mol. The van der Waals surface area contributed by atoms with Crippen molar-refractivity contribution in [2.24, 2.45) is 0 Å². The first-order valence-electron chi connectivity index (χ1n) is 4.44. The fraction of sp³-hybridized carbons (Fsp3) is 0.375. The molecule has 0 amide bonds. The summed E-state index contributed by atoms with van der Waals surface area (Å²) in [6.07, 6.45) is 3.82. The first-order chi connectivity index (χ1) is 6.93. The molecule has 1 fully saturated rings. The molecule has 0 spiro atoms. The Morgan fingerprint density at radius 3 is 3.00 bits per heavy atom. The van der Waals surface area contributed by atoms with Crippen molar-refractivity contribution in [2.75, 3.05) is 18.0 Å². The topological polar surface area (TPSA) is 46.8 Å². The quantitative estimate of drug-likeness (QED) is 0.730. The molecule has 0 aromatic carbocycles. The highest BCUT2D eigenvalue weighted by Crippen LogP contribution is 2.27. The molecule has 3 heterocycles. The van der Waals surface area contributed by atoms with E-state index in [0.717, 1.165) is 18.2 Å². The van der Waals surface area contributed by atoms with E-state index in [-0.39, 0.29) is 0 Å². The zero-order valence-corrected chi connectivity index (χ0v) is 8.26. The molecule has 0 bridgehead atoms. The molecule has 0 saturated carbocycles. The molecule has 0 unspecified atom stereocenters. The molecule has 0 radical (unpaired) electrons. The molecule has 72 valence electrons. The molecule has 0 atom stereocenters. The second-order valence-corrected chi connectivity index (χ2v) is 4.08. The minimum Gasteiger partial charge on any atom is -0.342 e. The molecule has 1 aliphatic rings. The Balaban J connectivity index is 1.67. The second-order valence-electron chi connectivity index (χ2n) is 3.27. The standard InChI is InChI=1S/C8H9N5S/c1-2-10-13(3-1)7-4-12(5-7)8-11-9-6-14-8/h1-3,6-7H,4-5H2. The van der Waals surface area contributed by atoms with Crippen LogP contribution in [0.25, 0.3) is 0 Å². The van der Waals surface area contributed by atoms with Crippen molar-refractivity contribution in [3.63, 3.8) is 0 Å². The van der Waals surface area contributed by atoms with E-state index in [4.69, 9.17) is 0 Å². The fourth-order valence-electron chi connectivity index (χ4n) is 1.58. The van der Waals surface area contributed by atoms with E-state index in [0.29, 0.717) is 6.04 Å². The zero-order valence-electron chi connectivity index (χ0n) is 7.45. The van der Waals surface area contributed by atoms with E-state index in [9.17, 15) is 0 Å². The number of rotatable bonds is 2. The first kappa shape index (κ1) is 7.93. The van der Waals surface area contributed by atoms with Gasteiger partial charge in [-0.2, -0.15) is 5.10 Å². The van der Waals surface area contributed by atoms with Crippen molar-refractivity contribution in [3.05, 3.63) is 24.0 Å². The second kappa shape index (κ2) is 3.06. The van der Waals surface area contributed by atoms with Crippen molar-refractivity contribution in [1.29, 1.82) is 0 Å². The third kappa shape index (κ3) is 1.19. The van der Waals surface area contributed by atoms with Gasteiger partial charge in [0.05, 0.1) is 6.04 Å². The minimum absolute atomic E-state index is 0.494. The molecule has 0 N–H and O–H groups in total. The summed E-state index contributed by atoms with van der Waals surface area (Å²) >= 11 is 1.58. The Bertz CT molecular complexity index is 351. The number of hydrogen-bond acceptors (Lipinski definition) is 5. The van der Waals surface area contributed by atoms with Gasteiger partial charge in [0, 0.05) is 25.5 Å². The number of hydrogen-bond donors (Lipinski definition) is 0. The Morgan fingerprint density at radius 1 is 1.43 bits per heavy atom. The smallest absolute Gasteiger partial charge is 0.208 e. The van der Waals surface area contributed by atoms with Crippen molar-refractivity contribution in [2.45, 2.75) is 6.04 Å². The van der Waals surface area contributed by atoms with Gasteiger partial charge < -0.3 is 4.90 Å². The summed E-state index contributed by atoms with van der Waals surface area (Å²) in [7, 11) is 0. The lowest BCUT2D eigenvalue weighted by Gasteiger charge is -2.38. The van der Waals surface area contributed by atoms with Gasteiger partial charge >= 0.3 is 0 Å². The number of anilines is 1. The number of nitrogens with zero attached hydrogens (tertiary/aromatic N) is 5. The van der Waals surface area contributed by atoms with E-state index in [2.05, 4.69) is 20.2 Å². The highest BCUT2D eigenvalue weighted by molar-refractivity contribution is 7.13. The van der Waals surface area contributed by atoms with Gasteiger partial charge in [-0.05, 0) is 6.07 Å². The minimum atomic E-state index is 0.494. The van der Waals surface area contributed by atoms with Crippen LogP contribution < -0.4 is 4.90 Å². The van der Waals surface area contributed by atoms with Gasteiger partial charge in [0.2, 0.25) is 5.13 Å². The van der Waals surface area contributed by atoms with Gasteiger partial charge in [0.25, 0.3) is 0 Å². The highest BCUT2D eigenvalue weighted by atomic mass is 32.1. The average molecular weight is 207 g/mol. The van der Waals surface area contributed by atoms with Crippen LogP contribution in [0, 0.1) is 0 Å². The SMILES string of the molecule is c1cnn(C2CN(c3nncs3)C2)c1. The van der Waals surface area contributed by atoms with Crippen molar-refractivity contribution < 1.29 is 0 Å². The Morgan fingerprint density at radius 2 is 2.36 bits per heavy atom. The maximum atomic E-state index is 4.21. The van der Waals surface area contributed by atoms with Crippen molar-refractivity contribution in [3.8, 4) is 0 Å². The molecule has 1 aliphatic heterocycles. The molecule has 14 heavy (non-hydrogen) atoms. The van der Waals surface area contributed by atoms with Gasteiger partial charge in [0.15, 0.2) is 0 Å². The van der Waals surface area contributed by atoms with E-state index in [1.165, 1.54) is 0 Å². The summed E-state index contributed by atoms with van der Waals surface area (Å²) in [6, 6.07) is 2.45. The summed E-state index contributed by atoms with van der Waals surface area (Å²) in [6.45, 7) is 1.97. The van der Waals surface area contributed by atoms with Crippen LogP contribution in [0.15, 0.2) is 24.0 Å². The summed E-state index contributed by atoms with van der Waals surface area (Å²) in [5.41, 5.74) is 1.76. The lowest BCUT2D eigenvalue weighted by Crippen LogP contribution is -2.48. The van der Waals surface area contributed by atoms with Crippen LogP contribution in [0.4, 0.5) is 5.13 Å². The molecule has 1 saturated heterocycles. The van der Waals surface area contributed by atoms with Crippen LogP contribution in [-0.2, 0) is 0 Å². The summed E-state index contributed by atoms with van der Waals surface area (Å²) in [5.74, 6) is 0. The van der Waals surface area contributed by atoms with Gasteiger partial charge in [0.1, 0.15) is 5.51 Å². The third-order valence-electron chi connectivity index (χ3n) is 2.38. The predicted molar refractivity (Wildman–Crippen MR) is 53.4 cm³/mol. The van der Waals surface area contributed by atoms with Gasteiger partial charge in [-0.15, -0.1) is 10.2 Å². The lowest BCUT2D eigenvalue weighted by atomic mass is 10.1. The van der Waals surface area contributed by atoms with Crippen molar-refractivity contribution in [1.82, 2.24) is 20.0 Å². The Hall–Kier alpha value is -1.43. The van der Waals surface area contributed by atoms with Crippen LogP contribution in [0.5, 0.6) is 0 Å². The molecule has 3 rings (SSSR count). The summed E-state index contributed by atoms with van der Waals surface area (Å²) in [4.78, 5) is 2.21. The van der Waals surface area contributed by atoms with Crippen LogP contribution in [0.1, 0.15) is 6.04 Å². The fourth-order valence-corrected chi connectivity index (χ4v) is 2.16. The maximum Gasteiger partial charge on any atom is 0.208 e. The normalized spacial score (nSPS) is 17.0. The third-order valence-corrected chi connectivity index (χ3v) is 3.13. The Labute approximate surface area is 85.0 Å². The molecule has 0 aliphatic carbocycles. The predicted octanol–water partition coefficient (Wildman–Crippen LogP) is 0.796. The van der Waals surface area contributed by atoms with Crippen LogP contribution in [-0.4, -0.2) is 33.1 Å². The molecule has 6 heteroatoms. The van der Waals surface area contributed by atoms with E-state index in [1.807, 2.05) is 23.1 Å². The van der Waals surface area contributed by atoms with E-state index >= 15 is 0 Å². The molecular formula is C8H9N5S. The maximum absolute atomic E-state index is 4.21. The number of aromatic nitrogens is 4. The van der Waals surface area contributed by atoms with Crippen LogP contribution in [0.3, 0.4) is 0 Å². The zero-order chi connectivity index (χ0) is 9.38. The molecule has 2 aromatic rings. The van der Waals surface area contributed by atoms with Crippen molar-refractivity contribution >= 4 is 16.5 Å². The average Bonchev–Trinajstić information content (AvgIpc) is 2.71. The van der Waals surface area contributed by atoms with Gasteiger partial charge in [-0.25, -0.2) is 0 Å². The van der Waals surface area contributed by atoms with E-state index in [1.54, 1.807) is 16.8 Å². The first-order valence-corrected chi connectivity index (χ1v) is 5.32. The molecule has 5 nitrogen and oxygen atoms in total. The van der Waals surface area contributed by atoms with Gasteiger partial charge in [-0.1, -0.05) is 11.3 Å². The highest BCUT2D eigenvalue weighted by Gasteiger charge is 2.30. The molecule has 2 aromatic heterocycles. The van der Waals surface area contributed by atoms with Crippen LogP contribution >= 0.6 is 11.3 Å². The molecular weight excluding hydrogens is 198 g/mol. The lowest BCUT2D eigenvalue weighted by molar-refractivity contribution is 0.367. The Kier molecular flexibility index (Phi) is 1.73. The largest absolute Gasteiger partial charge is 0.342 e. The van der Waals surface area contributed by atoms with Crippen LogP contribution in [0.2, 0.25) is 0 Å². The van der Waals surface area contributed by atoms with Gasteiger partial charge in [-0.3, -0.25) is 4.68 Å². The summed E-state index contributed by atoms with van der Waals surface area (Å²) < 4.78 is 2.00.